The molecule has 172 valence electrons. The molecule has 0 bridgehead atoms. The Hall–Kier alpha value is -2.90. The highest BCUT2D eigenvalue weighted by Gasteiger charge is 2.30. The predicted molar refractivity (Wildman–Crippen MR) is 124 cm³/mol. The number of benzene rings is 2. The minimum absolute atomic E-state index is 0.0220. The van der Waals surface area contributed by atoms with Crippen molar-refractivity contribution in [2.24, 2.45) is 0 Å². The van der Waals surface area contributed by atoms with Crippen LogP contribution in [0.15, 0.2) is 48.5 Å². The number of hydroxylamine groups is 1. The minimum atomic E-state index is -0.713. The molecule has 1 heterocycles. The number of nitrogens with zero attached hydrogens (tertiary/aromatic N) is 1. The number of rotatable bonds is 4. The molecule has 2 N–H and O–H groups in total. The smallest absolute Gasteiger partial charge is 0.410 e. The number of hydrogen-bond donors (Lipinski definition) is 2. The van der Waals surface area contributed by atoms with E-state index in [9.17, 15) is 14.8 Å². The summed E-state index contributed by atoms with van der Waals surface area (Å²) in [7, 11) is 1.54. The standard InChI is InChI=1S/C25H33N3O4/c1-17(27(5)24(30)32-25(2,3)4)23(29)26-21-14-13-19-11-12-20(15-22(19)28(31)16-21)18-9-7-6-8-10-18/h6-12,15,17,21,28H,13-14,16H2,1-5H3,(H,26,29)/t17-,21?/m0/s1. The van der Waals surface area contributed by atoms with Crippen molar-refractivity contribution >= 4 is 17.7 Å². The molecule has 0 radical (unpaired) electrons. The lowest BCUT2D eigenvalue weighted by atomic mass is 10.00. The van der Waals surface area contributed by atoms with Crippen molar-refractivity contribution in [3.05, 3.63) is 59.3 Å². The third-order valence-corrected chi connectivity index (χ3v) is 5.70. The van der Waals surface area contributed by atoms with Gasteiger partial charge in [-0.2, -0.15) is 0 Å². The average Bonchev–Trinajstić information content (AvgIpc) is 2.90. The molecular weight excluding hydrogens is 406 g/mol. The fourth-order valence-corrected chi connectivity index (χ4v) is 3.74. The number of carbonyl (C=O) groups excluding carboxylic acids is 2. The summed E-state index contributed by atoms with van der Waals surface area (Å²) in [6.45, 7) is 7.23. The molecule has 0 fully saturated rings. The Morgan fingerprint density at radius 1 is 1.16 bits per heavy atom. The highest BCUT2D eigenvalue weighted by molar-refractivity contribution is 5.85. The van der Waals surface area contributed by atoms with Gasteiger partial charge in [0.1, 0.15) is 23.9 Å². The lowest BCUT2D eigenvalue weighted by Gasteiger charge is -2.30. The first kappa shape index (κ1) is 23.8. The summed E-state index contributed by atoms with van der Waals surface area (Å²) >= 11 is 0. The number of quaternary nitrogens is 1. The van der Waals surface area contributed by atoms with Crippen LogP contribution in [0.5, 0.6) is 0 Å². The molecule has 0 aliphatic carbocycles. The summed E-state index contributed by atoms with van der Waals surface area (Å²) in [5.41, 5.74) is 3.16. The van der Waals surface area contributed by atoms with Crippen LogP contribution in [0.25, 0.3) is 11.1 Å². The van der Waals surface area contributed by atoms with Gasteiger partial charge in [0.05, 0.1) is 6.04 Å². The molecular formula is C25H33N3O4. The highest BCUT2D eigenvalue weighted by atomic mass is 16.6. The highest BCUT2D eigenvalue weighted by Crippen LogP contribution is 2.26. The Morgan fingerprint density at radius 2 is 1.84 bits per heavy atom. The van der Waals surface area contributed by atoms with Crippen LogP contribution in [-0.4, -0.2) is 48.2 Å². The van der Waals surface area contributed by atoms with E-state index in [4.69, 9.17) is 4.74 Å². The summed E-state index contributed by atoms with van der Waals surface area (Å²) < 4.78 is 5.34. The van der Waals surface area contributed by atoms with Crippen molar-refractivity contribution in [3.63, 3.8) is 0 Å². The lowest BCUT2D eigenvalue weighted by Crippen LogP contribution is -3.03. The molecule has 1 aliphatic heterocycles. The maximum absolute atomic E-state index is 13.0. The van der Waals surface area contributed by atoms with E-state index in [0.29, 0.717) is 12.8 Å². The minimum Gasteiger partial charge on any atom is -0.629 e. The number of carbonyl (C=O) groups is 2. The zero-order valence-corrected chi connectivity index (χ0v) is 19.5. The largest absolute Gasteiger partial charge is 0.629 e. The Kier molecular flexibility index (Phi) is 7.21. The lowest BCUT2D eigenvalue weighted by molar-refractivity contribution is -0.777. The summed E-state index contributed by atoms with van der Waals surface area (Å²) in [6, 6.07) is 15.0. The van der Waals surface area contributed by atoms with Crippen LogP contribution in [-0.2, 0) is 16.0 Å². The van der Waals surface area contributed by atoms with E-state index in [-0.39, 0.29) is 23.6 Å². The normalized spacial score (nSPS) is 19.3. The van der Waals surface area contributed by atoms with Crippen LogP contribution in [0.4, 0.5) is 10.5 Å². The van der Waals surface area contributed by atoms with Crippen LogP contribution in [0.1, 0.15) is 39.7 Å². The van der Waals surface area contributed by atoms with Gasteiger partial charge >= 0.3 is 6.09 Å². The van der Waals surface area contributed by atoms with Gasteiger partial charge in [-0.05, 0) is 51.7 Å². The number of likely N-dealkylation sites (N-methyl/N-ethyl adjacent to an activating group) is 1. The van der Waals surface area contributed by atoms with Gasteiger partial charge in [-0.1, -0.05) is 42.5 Å². The van der Waals surface area contributed by atoms with Crippen LogP contribution < -0.4 is 10.4 Å². The maximum Gasteiger partial charge on any atom is 0.410 e. The number of aryl methyl sites for hydroxylation is 1. The van der Waals surface area contributed by atoms with E-state index >= 15 is 0 Å². The van der Waals surface area contributed by atoms with Gasteiger partial charge in [0.15, 0.2) is 0 Å². The fourth-order valence-electron chi connectivity index (χ4n) is 3.74. The first-order valence-corrected chi connectivity index (χ1v) is 11.0. The molecule has 0 spiro atoms. The van der Waals surface area contributed by atoms with Gasteiger partial charge in [0.25, 0.3) is 0 Å². The molecule has 2 unspecified atom stereocenters. The van der Waals surface area contributed by atoms with Crippen molar-refractivity contribution in [3.8, 4) is 11.1 Å². The van der Waals surface area contributed by atoms with E-state index in [1.807, 2.05) is 48.5 Å². The third-order valence-electron chi connectivity index (χ3n) is 5.70. The SMILES string of the molecule is C[C@@H](C(=O)NC1CCc2ccc(-c3ccccc3)cc2[NH+]([O-])C1)N(C)C(=O)OC(C)(C)C. The summed E-state index contributed by atoms with van der Waals surface area (Å²) in [6.07, 6.45) is 0.813. The molecule has 3 atom stereocenters. The maximum atomic E-state index is 13.0. The van der Waals surface area contributed by atoms with Crippen LogP contribution >= 0.6 is 0 Å². The zero-order valence-electron chi connectivity index (χ0n) is 19.5. The average molecular weight is 440 g/mol. The molecule has 32 heavy (non-hydrogen) atoms. The Morgan fingerprint density at radius 3 is 2.50 bits per heavy atom. The molecule has 7 heteroatoms. The molecule has 0 saturated heterocycles. The van der Waals surface area contributed by atoms with Crippen molar-refractivity contribution in [1.82, 2.24) is 10.2 Å². The topological polar surface area (TPSA) is 86.1 Å². The molecule has 0 saturated carbocycles. The summed E-state index contributed by atoms with van der Waals surface area (Å²) in [5.74, 6) is -0.299. The Bertz CT molecular complexity index is 955. The van der Waals surface area contributed by atoms with Crippen molar-refractivity contribution in [2.75, 3.05) is 13.6 Å². The van der Waals surface area contributed by atoms with Gasteiger partial charge in [-0.3, -0.25) is 9.69 Å². The number of ether oxygens (including phenoxy) is 1. The number of hydrogen-bond acceptors (Lipinski definition) is 4. The first-order chi connectivity index (χ1) is 15.0. The van der Waals surface area contributed by atoms with Crippen molar-refractivity contribution < 1.29 is 19.4 Å². The van der Waals surface area contributed by atoms with Crippen LogP contribution in [0, 0.1) is 5.21 Å². The van der Waals surface area contributed by atoms with E-state index in [1.165, 1.54) is 11.9 Å². The van der Waals surface area contributed by atoms with E-state index in [2.05, 4.69) is 5.32 Å². The molecule has 0 aromatic heterocycles. The van der Waals surface area contributed by atoms with Gasteiger partial charge in [0.2, 0.25) is 5.91 Å². The van der Waals surface area contributed by atoms with Crippen molar-refractivity contribution in [2.45, 2.75) is 58.2 Å². The second-order valence-corrected chi connectivity index (χ2v) is 9.38. The number of nitrogens with one attached hydrogen (secondary N) is 2. The van der Waals surface area contributed by atoms with Crippen LogP contribution in [0.3, 0.4) is 0 Å². The third kappa shape index (κ3) is 5.87. The van der Waals surface area contributed by atoms with Gasteiger partial charge in [-0.15, -0.1) is 0 Å². The number of fused-ring (bicyclic) bond motifs is 1. The molecule has 2 amide bonds. The van der Waals surface area contributed by atoms with Gasteiger partial charge < -0.3 is 20.3 Å². The van der Waals surface area contributed by atoms with E-state index in [1.54, 1.807) is 27.7 Å². The van der Waals surface area contributed by atoms with E-state index in [0.717, 1.165) is 22.4 Å². The van der Waals surface area contributed by atoms with Crippen LogP contribution in [0.2, 0.25) is 0 Å². The number of amides is 2. The molecule has 3 rings (SSSR count). The summed E-state index contributed by atoms with van der Waals surface area (Å²) in [5, 5.41) is 16.0. The molecule has 2 aromatic rings. The zero-order chi connectivity index (χ0) is 23.5. The van der Waals surface area contributed by atoms with Crippen molar-refractivity contribution in [1.29, 1.82) is 0 Å². The quantitative estimate of drug-likeness (QED) is 0.717. The predicted octanol–water partition coefficient (Wildman–Crippen LogP) is 3.05. The van der Waals surface area contributed by atoms with Gasteiger partial charge in [0, 0.05) is 18.7 Å². The first-order valence-electron chi connectivity index (χ1n) is 11.0. The Labute approximate surface area is 189 Å². The molecule has 2 aromatic carbocycles. The molecule has 7 nitrogen and oxygen atoms in total. The van der Waals surface area contributed by atoms with E-state index < -0.39 is 17.7 Å². The molecule has 1 aliphatic rings. The Balaban J connectivity index is 1.66. The van der Waals surface area contributed by atoms with Gasteiger partial charge in [-0.25, -0.2) is 4.79 Å². The summed E-state index contributed by atoms with van der Waals surface area (Å²) in [4.78, 5) is 26.3. The second-order valence-electron chi connectivity index (χ2n) is 9.38. The fraction of sp³-hybridized carbons (Fsp3) is 0.440. The monoisotopic (exact) mass is 439 g/mol. The second kappa shape index (κ2) is 9.71.